The van der Waals surface area contributed by atoms with E-state index in [0.29, 0.717) is 0 Å². The first kappa shape index (κ1) is 19.9. The number of piperazine rings is 1. The summed E-state index contributed by atoms with van der Waals surface area (Å²) in [6.07, 6.45) is 8.96. The average molecular weight is 446 g/mol. The van der Waals surface area contributed by atoms with E-state index >= 15 is 0 Å². The molecule has 0 radical (unpaired) electrons. The summed E-state index contributed by atoms with van der Waals surface area (Å²) in [6.45, 7) is 7.14. The van der Waals surface area contributed by atoms with E-state index in [-0.39, 0.29) is 0 Å². The van der Waals surface area contributed by atoms with Crippen molar-refractivity contribution in [3.8, 4) is 11.4 Å². The Bertz CT molecular complexity index is 1210. The van der Waals surface area contributed by atoms with Gasteiger partial charge in [0.05, 0.1) is 18.2 Å². The molecule has 1 aliphatic carbocycles. The number of aromatic nitrogens is 3. The zero-order valence-corrected chi connectivity index (χ0v) is 19.1. The van der Waals surface area contributed by atoms with Crippen LogP contribution >= 0.6 is 11.3 Å². The molecule has 1 atom stereocenters. The van der Waals surface area contributed by atoms with E-state index in [4.69, 9.17) is 14.4 Å². The minimum Gasteiger partial charge on any atom is -0.468 e. The Morgan fingerprint density at radius 2 is 2.03 bits per heavy atom. The lowest BCUT2D eigenvalue weighted by molar-refractivity contribution is 0.230. The molecule has 4 aromatic heterocycles. The first-order chi connectivity index (χ1) is 15.7. The van der Waals surface area contributed by atoms with Gasteiger partial charge >= 0.3 is 0 Å². The van der Waals surface area contributed by atoms with Gasteiger partial charge in [0, 0.05) is 49.0 Å². The van der Waals surface area contributed by atoms with Gasteiger partial charge in [-0.15, -0.1) is 11.3 Å². The van der Waals surface area contributed by atoms with Gasteiger partial charge in [-0.05, 0) is 55.0 Å². The molecule has 1 aliphatic heterocycles. The van der Waals surface area contributed by atoms with Gasteiger partial charge < -0.3 is 9.32 Å². The molecule has 0 spiro atoms. The third kappa shape index (κ3) is 3.69. The quantitative estimate of drug-likeness (QED) is 0.450. The SMILES string of the molecule is CC1CCc2c(sc3nc(-c4cccnc4)nc(N4CCN(Cc5ccco5)CC4)c23)C1. The molecule has 32 heavy (non-hydrogen) atoms. The second-order valence-corrected chi connectivity index (χ2v) is 10.1. The standard InChI is InChI=1S/C25H27N5OS/c1-17-6-7-20-21(14-17)32-25-22(20)24(27-23(28-25)18-4-2-8-26-15-18)30-11-9-29(10-12-30)16-19-5-3-13-31-19/h2-5,8,13,15,17H,6-7,9-12,14,16H2,1H3. The van der Waals surface area contributed by atoms with Gasteiger partial charge in [-0.1, -0.05) is 6.92 Å². The van der Waals surface area contributed by atoms with Gasteiger partial charge in [0.25, 0.3) is 0 Å². The van der Waals surface area contributed by atoms with Crippen molar-refractivity contribution in [1.29, 1.82) is 0 Å². The third-order valence-corrected chi connectivity index (χ3v) is 7.84. The number of rotatable bonds is 4. The molecule has 4 aromatic rings. The molecule has 0 amide bonds. The first-order valence-electron chi connectivity index (χ1n) is 11.5. The summed E-state index contributed by atoms with van der Waals surface area (Å²) in [5, 5.41) is 1.30. The number of anilines is 1. The predicted octanol–water partition coefficient (Wildman–Crippen LogP) is 4.79. The number of furan rings is 1. The molecule has 6 nitrogen and oxygen atoms in total. The zero-order valence-electron chi connectivity index (χ0n) is 18.3. The van der Waals surface area contributed by atoms with E-state index in [0.717, 1.165) is 79.3 Å². The van der Waals surface area contributed by atoms with Crippen molar-refractivity contribution in [2.24, 2.45) is 5.92 Å². The highest BCUT2D eigenvalue weighted by Gasteiger charge is 2.28. The maximum atomic E-state index is 5.55. The fourth-order valence-electron chi connectivity index (χ4n) is 4.92. The molecule has 0 N–H and O–H groups in total. The highest BCUT2D eigenvalue weighted by molar-refractivity contribution is 7.19. The fraction of sp³-hybridized carbons (Fsp3) is 0.400. The van der Waals surface area contributed by atoms with Crippen LogP contribution in [0, 0.1) is 5.92 Å². The fourth-order valence-corrected chi connectivity index (χ4v) is 6.29. The third-order valence-electron chi connectivity index (χ3n) is 6.69. The molecule has 1 unspecified atom stereocenters. The minimum absolute atomic E-state index is 0.745. The molecule has 5 heterocycles. The van der Waals surface area contributed by atoms with Gasteiger partial charge in [-0.2, -0.15) is 0 Å². The molecule has 1 saturated heterocycles. The van der Waals surface area contributed by atoms with Crippen LogP contribution in [0.15, 0.2) is 47.3 Å². The van der Waals surface area contributed by atoms with E-state index in [1.165, 1.54) is 22.2 Å². The molecular formula is C25H27N5OS. The Labute approximate surface area is 191 Å². The van der Waals surface area contributed by atoms with Crippen LogP contribution in [0.25, 0.3) is 21.6 Å². The van der Waals surface area contributed by atoms with Gasteiger partial charge in [0.15, 0.2) is 5.82 Å². The molecule has 164 valence electrons. The van der Waals surface area contributed by atoms with Gasteiger partial charge in [-0.25, -0.2) is 9.97 Å². The van der Waals surface area contributed by atoms with E-state index in [1.54, 1.807) is 12.5 Å². The molecule has 7 heteroatoms. The second kappa shape index (κ2) is 8.30. The van der Waals surface area contributed by atoms with Gasteiger partial charge in [0.2, 0.25) is 0 Å². The Kier molecular flexibility index (Phi) is 5.15. The highest BCUT2D eigenvalue weighted by atomic mass is 32.1. The van der Waals surface area contributed by atoms with Gasteiger partial charge in [-0.3, -0.25) is 9.88 Å². The maximum Gasteiger partial charge on any atom is 0.164 e. The lowest BCUT2D eigenvalue weighted by Crippen LogP contribution is -2.46. The van der Waals surface area contributed by atoms with Crippen molar-refractivity contribution in [1.82, 2.24) is 19.9 Å². The van der Waals surface area contributed by atoms with Crippen molar-refractivity contribution in [3.05, 3.63) is 59.1 Å². The van der Waals surface area contributed by atoms with E-state index in [9.17, 15) is 0 Å². The van der Waals surface area contributed by atoms with Crippen LogP contribution in [0.4, 0.5) is 5.82 Å². The van der Waals surface area contributed by atoms with Crippen molar-refractivity contribution in [2.75, 3.05) is 31.1 Å². The lowest BCUT2D eigenvalue weighted by atomic mass is 9.89. The Morgan fingerprint density at radius 1 is 1.12 bits per heavy atom. The van der Waals surface area contributed by atoms with Crippen molar-refractivity contribution >= 4 is 27.4 Å². The van der Waals surface area contributed by atoms with Crippen molar-refractivity contribution in [3.63, 3.8) is 0 Å². The van der Waals surface area contributed by atoms with Crippen LogP contribution in [0.1, 0.15) is 29.5 Å². The summed E-state index contributed by atoms with van der Waals surface area (Å²) in [5.41, 5.74) is 2.47. The molecule has 0 saturated carbocycles. The van der Waals surface area contributed by atoms with Crippen molar-refractivity contribution < 1.29 is 4.42 Å². The number of aryl methyl sites for hydroxylation is 1. The number of fused-ring (bicyclic) bond motifs is 3. The van der Waals surface area contributed by atoms with Crippen LogP contribution in [0.2, 0.25) is 0 Å². The average Bonchev–Trinajstić information content (AvgIpc) is 3.46. The number of hydrogen-bond acceptors (Lipinski definition) is 7. The second-order valence-electron chi connectivity index (χ2n) is 8.99. The molecule has 6 rings (SSSR count). The predicted molar refractivity (Wildman–Crippen MR) is 128 cm³/mol. The maximum absolute atomic E-state index is 5.55. The summed E-state index contributed by atoms with van der Waals surface area (Å²) < 4.78 is 5.55. The van der Waals surface area contributed by atoms with E-state index in [1.807, 2.05) is 29.7 Å². The topological polar surface area (TPSA) is 58.3 Å². The molecular weight excluding hydrogens is 418 g/mol. The summed E-state index contributed by atoms with van der Waals surface area (Å²) in [7, 11) is 0. The first-order valence-corrected chi connectivity index (χ1v) is 12.3. The van der Waals surface area contributed by atoms with Crippen LogP contribution in [-0.2, 0) is 19.4 Å². The summed E-state index contributed by atoms with van der Waals surface area (Å²) in [4.78, 5) is 22.0. The number of hydrogen-bond donors (Lipinski definition) is 0. The Hall–Kier alpha value is -2.77. The summed E-state index contributed by atoms with van der Waals surface area (Å²) in [6, 6.07) is 8.02. The van der Waals surface area contributed by atoms with Crippen LogP contribution in [-0.4, -0.2) is 46.0 Å². The largest absolute Gasteiger partial charge is 0.468 e. The lowest BCUT2D eigenvalue weighted by Gasteiger charge is -2.35. The number of pyridine rings is 1. The smallest absolute Gasteiger partial charge is 0.164 e. The highest BCUT2D eigenvalue weighted by Crippen LogP contribution is 2.42. The van der Waals surface area contributed by atoms with Crippen molar-refractivity contribution in [2.45, 2.75) is 32.7 Å². The Morgan fingerprint density at radius 3 is 2.81 bits per heavy atom. The van der Waals surface area contributed by atoms with Crippen LogP contribution in [0.5, 0.6) is 0 Å². The molecule has 2 aliphatic rings. The van der Waals surface area contributed by atoms with Crippen LogP contribution in [0.3, 0.4) is 0 Å². The van der Waals surface area contributed by atoms with Gasteiger partial charge in [0.1, 0.15) is 16.4 Å². The van der Waals surface area contributed by atoms with E-state index in [2.05, 4.69) is 33.8 Å². The molecule has 1 fully saturated rings. The van der Waals surface area contributed by atoms with Crippen LogP contribution < -0.4 is 4.90 Å². The number of thiophene rings is 1. The monoisotopic (exact) mass is 445 g/mol. The molecule has 0 bridgehead atoms. The Balaban J connectivity index is 1.37. The number of nitrogens with zero attached hydrogens (tertiary/aromatic N) is 5. The summed E-state index contributed by atoms with van der Waals surface area (Å²) >= 11 is 1.87. The molecule has 0 aromatic carbocycles. The summed E-state index contributed by atoms with van der Waals surface area (Å²) in [5.74, 6) is 3.67. The minimum atomic E-state index is 0.745. The normalized spacial score (nSPS) is 19.4. The van der Waals surface area contributed by atoms with E-state index < -0.39 is 0 Å². The zero-order chi connectivity index (χ0) is 21.5.